The molecule has 1 atom stereocenters. The van der Waals surface area contributed by atoms with Gasteiger partial charge in [-0.2, -0.15) is 0 Å². The number of halogens is 1. The lowest BCUT2D eigenvalue weighted by Crippen LogP contribution is -2.53. The SMILES string of the molecule is COC(=O)C(c1ccccc1Cl)N1CCN(C(=O)CNC(=O)c2ccc3c(c2)OCO3)CC1. The zero-order valence-electron chi connectivity index (χ0n) is 18.1. The van der Waals surface area contributed by atoms with Gasteiger partial charge in [0.1, 0.15) is 6.04 Å². The second-order valence-electron chi connectivity index (χ2n) is 7.61. The highest BCUT2D eigenvalue weighted by molar-refractivity contribution is 6.31. The maximum absolute atomic E-state index is 12.6. The molecule has 0 bridgehead atoms. The highest BCUT2D eigenvalue weighted by Crippen LogP contribution is 2.32. The van der Waals surface area contributed by atoms with Crippen molar-refractivity contribution in [1.82, 2.24) is 15.1 Å². The van der Waals surface area contributed by atoms with E-state index >= 15 is 0 Å². The van der Waals surface area contributed by atoms with Gasteiger partial charge in [0.15, 0.2) is 11.5 Å². The van der Waals surface area contributed by atoms with Crippen molar-refractivity contribution < 1.29 is 28.6 Å². The van der Waals surface area contributed by atoms with Gasteiger partial charge in [0.25, 0.3) is 5.91 Å². The Kier molecular flexibility index (Phi) is 7.00. The van der Waals surface area contributed by atoms with E-state index in [1.165, 1.54) is 7.11 Å². The summed E-state index contributed by atoms with van der Waals surface area (Å²) in [6.07, 6.45) is 0. The second-order valence-corrected chi connectivity index (χ2v) is 8.02. The molecule has 1 unspecified atom stereocenters. The third kappa shape index (κ3) is 5.04. The molecule has 0 aliphatic carbocycles. The van der Waals surface area contributed by atoms with Gasteiger partial charge < -0.3 is 24.4 Å². The summed E-state index contributed by atoms with van der Waals surface area (Å²) in [6, 6.07) is 11.4. The number of ether oxygens (including phenoxy) is 3. The predicted molar refractivity (Wildman–Crippen MR) is 119 cm³/mol. The first-order valence-corrected chi connectivity index (χ1v) is 10.9. The van der Waals surface area contributed by atoms with E-state index in [-0.39, 0.29) is 25.2 Å². The van der Waals surface area contributed by atoms with Gasteiger partial charge in [0, 0.05) is 36.8 Å². The molecular formula is C23H24ClN3O6. The quantitative estimate of drug-likeness (QED) is 0.639. The van der Waals surface area contributed by atoms with Gasteiger partial charge in [-0.3, -0.25) is 14.5 Å². The first-order chi connectivity index (χ1) is 16.0. The second kappa shape index (κ2) is 10.1. The number of methoxy groups -OCH3 is 1. The van der Waals surface area contributed by atoms with Crippen LogP contribution in [0.4, 0.5) is 0 Å². The normalized spacial score (nSPS) is 16.2. The molecule has 2 aromatic carbocycles. The van der Waals surface area contributed by atoms with Gasteiger partial charge in [-0.1, -0.05) is 29.8 Å². The Bertz CT molecular complexity index is 1050. The molecule has 2 aliphatic rings. The van der Waals surface area contributed by atoms with Crippen molar-refractivity contribution in [3.8, 4) is 11.5 Å². The van der Waals surface area contributed by atoms with Gasteiger partial charge in [0.05, 0.1) is 13.7 Å². The Morgan fingerprint density at radius 1 is 1.06 bits per heavy atom. The summed E-state index contributed by atoms with van der Waals surface area (Å²) in [5, 5.41) is 3.13. The maximum Gasteiger partial charge on any atom is 0.327 e. The first-order valence-electron chi connectivity index (χ1n) is 10.5. The largest absolute Gasteiger partial charge is 0.468 e. The van der Waals surface area contributed by atoms with Gasteiger partial charge in [-0.25, -0.2) is 4.79 Å². The molecule has 2 amide bonds. The summed E-state index contributed by atoms with van der Waals surface area (Å²) >= 11 is 6.32. The molecule has 2 aliphatic heterocycles. The highest BCUT2D eigenvalue weighted by Gasteiger charge is 2.33. The van der Waals surface area contributed by atoms with Crippen LogP contribution >= 0.6 is 11.6 Å². The standard InChI is InChI=1S/C23H24ClN3O6/c1-31-23(30)21(16-4-2-3-5-17(16)24)27-10-8-26(9-11-27)20(28)13-25-22(29)15-6-7-18-19(12-15)33-14-32-18/h2-7,12,21H,8-11,13-14H2,1H3,(H,25,29). The molecule has 174 valence electrons. The van der Waals surface area contributed by atoms with E-state index in [9.17, 15) is 14.4 Å². The molecular weight excluding hydrogens is 450 g/mol. The summed E-state index contributed by atoms with van der Waals surface area (Å²) in [5.74, 6) is 0.117. The Balaban J connectivity index is 1.32. The lowest BCUT2D eigenvalue weighted by atomic mass is 10.0. The van der Waals surface area contributed by atoms with Crippen LogP contribution in [-0.4, -0.2) is 74.2 Å². The number of benzene rings is 2. The van der Waals surface area contributed by atoms with Crippen LogP contribution in [0.1, 0.15) is 22.0 Å². The van der Waals surface area contributed by atoms with Crippen LogP contribution in [0, 0.1) is 0 Å². The summed E-state index contributed by atoms with van der Waals surface area (Å²) in [6.45, 7) is 1.75. The van der Waals surface area contributed by atoms with E-state index in [4.69, 9.17) is 25.8 Å². The number of hydrogen-bond acceptors (Lipinski definition) is 7. The van der Waals surface area contributed by atoms with Crippen LogP contribution < -0.4 is 14.8 Å². The molecule has 1 N–H and O–H groups in total. The van der Waals surface area contributed by atoms with Crippen molar-refractivity contribution in [2.75, 3.05) is 46.6 Å². The summed E-state index contributed by atoms with van der Waals surface area (Å²) in [4.78, 5) is 41.2. The number of rotatable bonds is 6. The number of amides is 2. The minimum atomic E-state index is -0.647. The summed E-state index contributed by atoms with van der Waals surface area (Å²) < 4.78 is 15.5. The fourth-order valence-corrected chi connectivity index (χ4v) is 4.16. The van der Waals surface area contributed by atoms with E-state index in [0.29, 0.717) is 53.8 Å². The molecule has 0 aromatic heterocycles. The lowest BCUT2D eigenvalue weighted by molar-refractivity contribution is -0.148. The van der Waals surface area contributed by atoms with Crippen LogP contribution in [-0.2, 0) is 14.3 Å². The van der Waals surface area contributed by atoms with Crippen molar-refractivity contribution in [1.29, 1.82) is 0 Å². The number of hydrogen-bond donors (Lipinski definition) is 1. The zero-order chi connectivity index (χ0) is 23.4. The molecule has 9 nitrogen and oxygen atoms in total. The Labute approximate surface area is 196 Å². The van der Waals surface area contributed by atoms with Crippen molar-refractivity contribution in [3.05, 3.63) is 58.6 Å². The third-order valence-corrected chi connectivity index (χ3v) is 6.04. The molecule has 1 saturated heterocycles. The Morgan fingerprint density at radius 3 is 2.52 bits per heavy atom. The van der Waals surface area contributed by atoms with Gasteiger partial charge in [-0.05, 0) is 29.8 Å². The van der Waals surface area contributed by atoms with E-state index < -0.39 is 12.0 Å². The number of carbonyl (C=O) groups is 3. The fourth-order valence-electron chi connectivity index (χ4n) is 3.92. The van der Waals surface area contributed by atoms with Crippen LogP contribution in [0.15, 0.2) is 42.5 Å². The van der Waals surface area contributed by atoms with E-state index in [1.807, 2.05) is 11.0 Å². The molecule has 0 spiro atoms. The van der Waals surface area contributed by atoms with Crippen LogP contribution in [0.25, 0.3) is 0 Å². The molecule has 0 radical (unpaired) electrons. The number of carbonyl (C=O) groups excluding carboxylic acids is 3. The van der Waals surface area contributed by atoms with Crippen molar-refractivity contribution in [2.24, 2.45) is 0 Å². The van der Waals surface area contributed by atoms with Crippen LogP contribution in [0.5, 0.6) is 11.5 Å². The fraction of sp³-hybridized carbons (Fsp3) is 0.348. The average molecular weight is 474 g/mol. The summed E-state index contributed by atoms with van der Waals surface area (Å²) in [5.41, 5.74) is 1.05. The van der Waals surface area contributed by atoms with Gasteiger partial charge in [0.2, 0.25) is 12.7 Å². The Hall–Kier alpha value is -3.30. The minimum absolute atomic E-state index is 0.123. The van der Waals surface area contributed by atoms with Crippen LogP contribution in [0.2, 0.25) is 5.02 Å². The molecule has 1 fully saturated rings. The van der Waals surface area contributed by atoms with E-state index in [0.717, 1.165) is 0 Å². The van der Waals surface area contributed by atoms with Gasteiger partial charge in [-0.15, -0.1) is 0 Å². The monoisotopic (exact) mass is 473 g/mol. The number of fused-ring (bicyclic) bond motifs is 1. The third-order valence-electron chi connectivity index (χ3n) is 5.69. The highest BCUT2D eigenvalue weighted by atomic mass is 35.5. The molecule has 4 rings (SSSR count). The topological polar surface area (TPSA) is 97.4 Å². The zero-order valence-corrected chi connectivity index (χ0v) is 18.8. The number of nitrogens with zero attached hydrogens (tertiary/aromatic N) is 2. The minimum Gasteiger partial charge on any atom is -0.468 e. The van der Waals surface area contributed by atoms with E-state index in [2.05, 4.69) is 5.32 Å². The number of nitrogens with one attached hydrogen (secondary N) is 1. The lowest BCUT2D eigenvalue weighted by Gasteiger charge is -2.38. The van der Waals surface area contributed by atoms with E-state index in [1.54, 1.807) is 41.3 Å². The van der Waals surface area contributed by atoms with Crippen molar-refractivity contribution in [2.45, 2.75) is 6.04 Å². The smallest absolute Gasteiger partial charge is 0.327 e. The van der Waals surface area contributed by atoms with Crippen LogP contribution in [0.3, 0.4) is 0 Å². The van der Waals surface area contributed by atoms with Crippen molar-refractivity contribution in [3.63, 3.8) is 0 Å². The molecule has 10 heteroatoms. The van der Waals surface area contributed by atoms with Crippen molar-refractivity contribution >= 4 is 29.4 Å². The predicted octanol–water partition coefficient (Wildman–Crippen LogP) is 1.86. The molecule has 33 heavy (non-hydrogen) atoms. The number of piperazine rings is 1. The average Bonchev–Trinajstić information content (AvgIpc) is 3.32. The first kappa shape index (κ1) is 22.9. The van der Waals surface area contributed by atoms with Gasteiger partial charge >= 0.3 is 5.97 Å². The maximum atomic E-state index is 12.6. The molecule has 2 aromatic rings. The Morgan fingerprint density at radius 2 is 1.79 bits per heavy atom. The molecule has 2 heterocycles. The molecule has 0 saturated carbocycles. The summed E-state index contributed by atoms with van der Waals surface area (Å²) in [7, 11) is 1.34. The number of esters is 1.